The normalized spacial score (nSPS) is 22.4. The number of hydrogen-bond acceptors (Lipinski definition) is 5. The Kier molecular flexibility index (Phi) is 6.38. The van der Waals surface area contributed by atoms with Crippen molar-refractivity contribution in [3.63, 3.8) is 0 Å². The molecule has 2 aliphatic rings. The fourth-order valence-corrected chi connectivity index (χ4v) is 5.92. The monoisotopic (exact) mass is 454 g/mol. The van der Waals surface area contributed by atoms with Crippen molar-refractivity contribution < 1.29 is 19.1 Å². The van der Waals surface area contributed by atoms with Crippen LogP contribution in [0.4, 0.5) is 0 Å². The van der Waals surface area contributed by atoms with Crippen molar-refractivity contribution >= 4 is 29.1 Å². The van der Waals surface area contributed by atoms with E-state index in [0.717, 1.165) is 30.6 Å². The molecule has 32 heavy (non-hydrogen) atoms. The van der Waals surface area contributed by atoms with Crippen molar-refractivity contribution in [2.24, 2.45) is 0 Å². The molecular formula is C25H30N2O4S. The van der Waals surface area contributed by atoms with Crippen LogP contribution in [0.2, 0.25) is 0 Å². The van der Waals surface area contributed by atoms with Gasteiger partial charge in [0.1, 0.15) is 5.75 Å². The number of nitrogens with zero attached hydrogens (tertiary/aromatic N) is 2. The maximum Gasteiger partial charge on any atom is 0.241 e. The lowest BCUT2D eigenvalue weighted by Crippen LogP contribution is -2.45. The van der Waals surface area contributed by atoms with Crippen LogP contribution in [-0.4, -0.2) is 47.7 Å². The topological polar surface area (TPSA) is 66.9 Å². The van der Waals surface area contributed by atoms with Gasteiger partial charge in [0.2, 0.25) is 17.7 Å². The molecule has 6 nitrogen and oxygen atoms in total. The molecule has 4 rings (SSSR count). The maximum atomic E-state index is 13.9. The largest absolute Gasteiger partial charge is 0.496 e. The van der Waals surface area contributed by atoms with Crippen LogP contribution in [0.25, 0.3) is 0 Å². The lowest BCUT2D eigenvalue weighted by molar-refractivity contribution is -0.145. The molecular weight excluding hydrogens is 424 g/mol. The molecule has 2 aromatic rings. The summed E-state index contributed by atoms with van der Waals surface area (Å²) in [5.41, 5.74) is -0.626. The molecule has 0 radical (unpaired) electrons. The highest BCUT2D eigenvalue weighted by Gasteiger charge is 2.57. The van der Waals surface area contributed by atoms with Crippen LogP contribution >= 0.6 is 11.3 Å². The van der Waals surface area contributed by atoms with E-state index in [1.165, 1.54) is 4.90 Å². The van der Waals surface area contributed by atoms with Gasteiger partial charge in [-0.15, -0.1) is 11.3 Å². The predicted molar refractivity (Wildman–Crippen MR) is 124 cm³/mol. The lowest BCUT2D eigenvalue weighted by Gasteiger charge is -2.33. The minimum atomic E-state index is -1.24. The predicted octanol–water partition coefficient (Wildman–Crippen LogP) is 4.31. The number of hydrogen-bond donors (Lipinski definition) is 0. The quantitative estimate of drug-likeness (QED) is 0.585. The third-order valence-electron chi connectivity index (χ3n) is 7.04. The first-order valence-corrected chi connectivity index (χ1v) is 12.1. The van der Waals surface area contributed by atoms with E-state index in [4.69, 9.17) is 4.74 Å². The van der Waals surface area contributed by atoms with Crippen molar-refractivity contribution in [1.82, 2.24) is 9.80 Å². The van der Waals surface area contributed by atoms with E-state index in [-0.39, 0.29) is 42.6 Å². The number of rotatable bonds is 7. The first-order chi connectivity index (χ1) is 15.4. The van der Waals surface area contributed by atoms with E-state index < -0.39 is 5.41 Å². The van der Waals surface area contributed by atoms with Gasteiger partial charge in [0.15, 0.2) is 0 Å². The number of carbonyl (C=O) groups excluding carboxylic acids is 3. The summed E-state index contributed by atoms with van der Waals surface area (Å²) in [6.45, 7) is 1.98. The highest BCUT2D eigenvalue weighted by Crippen LogP contribution is 2.46. The average Bonchev–Trinajstić information content (AvgIpc) is 3.55. The lowest BCUT2D eigenvalue weighted by atomic mass is 9.75. The van der Waals surface area contributed by atoms with Gasteiger partial charge in [0.05, 0.1) is 18.6 Å². The smallest absolute Gasteiger partial charge is 0.241 e. The highest BCUT2D eigenvalue weighted by molar-refractivity contribution is 7.10. The van der Waals surface area contributed by atoms with Gasteiger partial charge in [-0.1, -0.05) is 37.1 Å². The number of carbonyl (C=O) groups is 3. The molecule has 1 aliphatic heterocycles. The summed E-state index contributed by atoms with van der Waals surface area (Å²) in [6.07, 6.45) is 3.64. The van der Waals surface area contributed by atoms with E-state index in [1.807, 2.05) is 42.6 Å². The molecule has 2 atom stereocenters. The molecule has 1 aliphatic carbocycles. The minimum absolute atomic E-state index is 0.00430. The molecule has 0 bridgehead atoms. The molecule has 0 spiro atoms. The van der Waals surface area contributed by atoms with E-state index in [0.29, 0.717) is 11.3 Å². The number of ether oxygens (including phenoxy) is 1. The summed E-state index contributed by atoms with van der Waals surface area (Å²) >= 11 is 1.60. The molecule has 3 amide bonds. The van der Waals surface area contributed by atoms with Gasteiger partial charge in [-0.25, -0.2) is 0 Å². The van der Waals surface area contributed by atoms with Crippen molar-refractivity contribution in [2.45, 2.75) is 62.9 Å². The third-order valence-corrected chi connectivity index (χ3v) is 8.09. The van der Waals surface area contributed by atoms with Gasteiger partial charge >= 0.3 is 0 Å². The number of imide groups is 1. The second kappa shape index (κ2) is 9.06. The molecule has 1 aromatic carbocycles. The van der Waals surface area contributed by atoms with Crippen LogP contribution in [0.3, 0.4) is 0 Å². The number of para-hydroxylation sites is 1. The Balaban J connectivity index is 1.71. The maximum absolute atomic E-state index is 13.9. The molecule has 1 aromatic heterocycles. The minimum Gasteiger partial charge on any atom is -0.496 e. The number of amides is 3. The molecule has 0 N–H and O–H groups in total. The van der Waals surface area contributed by atoms with Crippen LogP contribution in [0.5, 0.6) is 5.75 Å². The van der Waals surface area contributed by atoms with Gasteiger partial charge in [-0.05, 0) is 37.3 Å². The van der Waals surface area contributed by atoms with Gasteiger partial charge in [-0.2, -0.15) is 0 Å². The zero-order valence-corrected chi connectivity index (χ0v) is 19.7. The zero-order chi connectivity index (χ0) is 22.9. The molecule has 2 heterocycles. The zero-order valence-electron chi connectivity index (χ0n) is 18.9. The van der Waals surface area contributed by atoms with Crippen molar-refractivity contribution in [3.8, 4) is 5.75 Å². The van der Waals surface area contributed by atoms with E-state index in [1.54, 1.807) is 36.5 Å². The molecule has 2 fully saturated rings. The Morgan fingerprint density at radius 2 is 1.94 bits per heavy atom. The van der Waals surface area contributed by atoms with E-state index in [9.17, 15) is 14.4 Å². The molecule has 170 valence electrons. The fourth-order valence-electron chi connectivity index (χ4n) is 5.10. The second-order valence-electron chi connectivity index (χ2n) is 8.84. The molecule has 0 unspecified atom stereocenters. The Morgan fingerprint density at radius 1 is 1.22 bits per heavy atom. The van der Waals surface area contributed by atoms with Crippen LogP contribution in [-0.2, 0) is 19.8 Å². The number of thiophene rings is 1. The van der Waals surface area contributed by atoms with Crippen molar-refractivity contribution in [1.29, 1.82) is 0 Å². The SMILES string of the molecule is COc1ccccc1[C@@]1(CC(=O)N(C)[C@H](C)c2cccs2)CC(=O)N(C2CCCC2)C1=O. The first-order valence-electron chi connectivity index (χ1n) is 11.2. The molecule has 7 heteroatoms. The van der Waals surface area contributed by atoms with Crippen LogP contribution < -0.4 is 4.74 Å². The van der Waals surface area contributed by atoms with Gasteiger partial charge in [-0.3, -0.25) is 19.3 Å². The summed E-state index contributed by atoms with van der Waals surface area (Å²) in [6, 6.07) is 11.1. The van der Waals surface area contributed by atoms with Crippen LogP contribution in [0.15, 0.2) is 41.8 Å². The van der Waals surface area contributed by atoms with Crippen molar-refractivity contribution in [3.05, 3.63) is 52.2 Å². The summed E-state index contributed by atoms with van der Waals surface area (Å²) in [5, 5.41) is 1.99. The molecule has 1 saturated carbocycles. The number of methoxy groups -OCH3 is 1. The number of benzene rings is 1. The Morgan fingerprint density at radius 3 is 2.59 bits per heavy atom. The van der Waals surface area contributed by atoms with Crippen LogP contribution in [0.1, 0.15) is 61.9 Å². The van der Waals surface area contributed by atoms with Gasteiger partial charge < -0.3 is 9.64 Å². The molecule has 1 saturated heterocycles. The summed E-state index contributed by atoms with van der Waals surface area (Å²) in [4.78, 5) is 44.8. The standard InChI is InChI=1S/C25H30N2O4S/c1-17(21-13-8-14-32-21)26(2)22(28)15-25(19-11-6-7-12-20(19)31-3)16-23(29)27(24(25)30)18-9-4-5-10-18/h6-8,11-14,17-18H,4-5,9-10,15-16H2,1-3H3/t17-,25-/m1/s1. The summed E-state index contributed by atoms with van der Waals surface area (Å²) in [5.74, 6) is -0.0751. The van der Waals surface area contributed by atoms with Gasteiger partial charge in [0.25, 0.3) is 0 Å². The second-order valence-corrected chi connectivity index (χ2v) is 9.82. The van der Waals surface area contributed by atoms with E-state index >= 15 is 0 Å². The van der Waals surface area contributed by atoms with E-state index in [2.05, 4.69) is 0 Å². The Bertz CT molecular complexity index is 999. The third kappa shape index (κ3) is 3.83. The summed E-state index contributed by atoms with van der Waals surface area (Å²) < 4.78 is 5.57. The first kappa shape index (κ1) is 22.5. The summed E-state index contributed by atoms with van der Waals surface area (Å²) in [7, 11) is 3.31. The Labute approximate surface area is 193 Å². The van der Waals surface area contributed by atoms with Gasteiger partial charge in [0, 0.05) is 36.4 Å². The number of likely N-dealkylation sites (tertiary alicyclic amines) is 1. The van der Waals surface area contributed by atoms with Crippen LogP contribution in [0, 0.1) is 0 Å². The highest BCUT2D eigenvalue weighted by atomic mass is 32.1. The fraction of sp³-hybridized carbons (Fsp3) is 0.480. The average molecular weight is 455 g/mol. The Hall–Kier alpha value is -2.67. The van der Waals surface area contributed by atoms with Crippen molar-refractivity contribution in [2.75, 3.05) is 14.2 Å².